The summed E-state index contributed by atoms with van der Waals surface area (Å²) in [5, 5.41) is 0. The average Bonchev–Trinajstić information content (AvgIpc) is 2.33. The molecule has 0 aliphatic heterocycles. The van der Waals surface area contributed by atoms with Crippen LogP contribution in [-0.4, -0.2) is 4.21 Å². The lowest BCUT2D eigenvalue weighted by Gasteiger charge is -2.05. The molecule has 2 rings (SSSR count). The topological polar surface area (TPSA) is 29.1 Å². The molecule has 82 valence electrons. The van der Waals surface area contributed by atoms with E-state index in [4.69, 9.17) is 0 Å². The van der Waals surface area contributed by atoms with Crippen LogP contribution in [0.3, 0.4) is 0 Å². The third kappa shape index (κ3) is 2.93. The summed E-state index contributed by atoms with van der Waals surface area (Å²) in [6.45, 7) is 0. The molecule has 0 amide bonds. The first-order valence-corrected chi connectivity index (χ1v) is 6.69. The summed E-state index contributed by atoms with van der Waals surface area (Å²) in [7, 11) is -1.21. The number of hydrogen-bond acceptors (Lipinski definition) is 1. The van der Waals surface area contributed by atoms with Gasteiger partial charge < -0.3 is 4.72 Å². The zero-order valence-electron chi connectivity index (χ0n) is 8.39. The normalized spacial score (nSPS) is 12.1. The van der Waals surface area contributed by atoms with Crippen molar-refractivity contribution in [3.8, 4) is 0 Å². The van der Waals surface area contributed by atoms with Gasteiger partial charge in [0.15, 0.2) is 0 Å². The lowest BCUT2D eigenvalue weighted by atomic mass is 10.3. The molecule has 0 aliphatic rings. The molecule has 4 heteroatoms. The Hall–Kier alpha value is -1.13. The lowest BCUT2D eigenvalue weighted by molar-refractivity contribution is 0.686. The van der Waals surface area contributed by atoms with Gasteiger partial charge in [-0.1, -0.05) is 34.1 Å². The molecule has 0 radical (unpaired) electrons. The highest BCUT2D eigenvalue weighted by molar-refractivity contribution is 9.10. The Morgan fingerprint density at radius 3 is 2.19 bits per heavy atom. The molecule has 0 bridgehead atoms. The second kappa shape index (κ2) is 5.27. The van der Waals surface area contributed by atoms with E-state index in [1.54, 1.807) is 0 Å². The van der Waals surface area contributed by atoms with Gasteiger partial charge in [-0.15, -0.1) is 0 Å². The van der Waals surface area contributed by atoms with E-state index < -0.39 is 11.0 Å². The maximum atomic E-state index is 11.9. The first-order chi connectivity index (χ1) is 7.75. The van der Waals surface area contributed by atoms with Crippen molar-refractivity contribution in [2.24, 2.45) is 0 Å². The molecule has 0 spiro atoms. The first-order valence-electron chi connectivity index (χ1n) is 4.75. The highest BCUT2D eigenvalue weighted by atomic mass is 79.9. The Bertz CT molecular complexity index is 484. The summed E-state index contributed by atoms with van der Waals surface area (Å²) in [5.41, 5.74) is 0.838. The Kier molecular flexibility index (Phi) is 3.74. The van der Waals surface area contributed by atoms with Crippen molar-refractivity contribution < 1.29 is 4.21 Å². The molecule has 0 fully saturated rings. The van der Waals surface area contributed by atoms with Gasteiger partial charge in [0.1, 0.15) is 11.0 Å². The third-order valence-electron chi connectivity index (χ3n) is 2.01. The highest BCUT2D eigenvalue weighted by Gasteiger charge is 2.02. The van der Waals surface area contributed by atoms with Crippen molar-refractivity contribution >= 4 is 32.6 Å². The van der Waals surface area contributed by atoms with Crippen molar-refractivity contribution in [1.82, 2.24) is 0 Å². The van der Waals surface area contributed by atoms with Crippen LogP contribution in [0.4, 0.5) is 5.69 Å². The predicted octanol–water partition coefficient (Wildman–Crippen LogP) is 3.58. The van der Waals surface area contributed by atoms with Crippen LogP contribution in [-0.2, 0) is 11.0 Å². The smallest absolute Gasteiger partial charge is 0.150 e. The van der Waals surface area contributed by atoms with Crippen LogP contribution in [0.1, 0.15) is 0 Å². The predicted molar refractivity (Wildman–Crippen MR) is 70.6 cm³/mol. The molecule has 0 aromatic heterocycles. The van der Waals surface area contributed by atoms with Crippen molar-refractivity contribution in [2.45, 2.75) is 4.90 Å². The highest BCUT2D eigenvalue weighted by Crippen LogP contribution is 2.16. The molecular formula is C12H10BrNOS. The van der Waals surface area contributed by atoms with Crippen LogP contribution in [0.15, 0.2) is 64.0 Å². The standard InChI is InChI=1S/C12H10BrNOS/c13-10-6-8-11(9-7-10)14-16(15)12-4-2-1-3-5-12/h1-9,14H/t16-/m1/s1. The number of nitrogens with one attached hydrogen (secondary N) is 1. The zero-order chi connectivity index (χ0) is 11.4. The minimum absolute atomic E-state index is 0.769. The fourth-order valence-corrected chi connectivity index (χ4v) is 2.36. The van der Waals surface area contributed by atoms with Crippen LogP contribution < -0.4 is 4.72 Å². The summed E-state index contributed by atoms with van der Waals surface area (Å²) in [5.74, 6) is 0. The van der Waals surface area contributed by atoms with E-state index in [0.29, 0.717) is 0 Å². The molecule has 2 aromatic carbocycles. The maximum absolute atomic E-state index is 11.9. The lowest BCUT2D eigenvalue weighted by Crippen LogP contribution is -2.04. The molecule has 2 aromatic rings. The quantitative estimate of drug-likeness (QED) is 0.921. The molecule has 0 saturated carbocycles. The summed E-state index contributed by atoms with van der Waals surface area (Å²) in [6.07, 6.45) is 0. The van der Waals surface area contributed by atoms with E-state index in [-0.39, 0.29) is 0 Å². The van der Waals surface area contributed by atoms with E-state index >= 15 is 0 Å². The molecule has 2 nitrogen and oxygen atoms in total. The second-order valence-corrected chi connectivity index (χ2v) is 5.32. The first kappa shape index (κ1) is 11.4. The fraction of sp³-hybridized carbons (Fsp3) is 0. The third-order valence-corrected chi connectivity index (χ3v) is 3.66. The molecule has 0 heterocycles. The largest absolute Gasteiger partial charge is 0.301 e. The summed E-state index contributed by atoms with van der Waals surface area (Å²) in [4.78, 5) is 0.769. The molecular weight excluding hydrogens is 286 g/mol. The Labute approximate surface area is 105 Å². The molecule has 1 atom stereocenters. The SMILES string of the molecule is O=[S@@](Nc1ccc(Br)cc1)c1ccccc1. The summed E-state index contributed by atoms with van der Waals surface area (Å²) in [6, 6.07) is 16.9. The van der Waals surface area contributed by atoms with Gasteiger partial charge >= 0.3 is 0 Å². The van der Waals surface area contributed by atoms with E-state index in [0.717, 1.165) is 15.1 Å². The van der Waals surface area contributed by atoms with Crippen molar-refractivity contribution in [3.63, 3.8) is 0 Å². The van der Waals surface area contributed by atoms with E-state index in [9.17, 15) is 4.21 Å². The van der Waals surface area contributed by atoms with Gasteiger partial charge in [-0.2, -0.15) is 0 Å². The molecule has 16 heavy (non-hydrogen) atoms. The number of benzene rings is 2. The van der Waals surface area contributed by atoms with Gasteiger partial charge in [0.05, 0.1) is 4.90 Å². The van der Waals surface area contributed by atoms with Crippen molar-refractivity contribution in [2.75, 3.05) is 4.72 Å². The van der Waals surface area contributed by atoms with Gasteiger partial charge in [0.2, 0.25) is 0 Å². The zero-order valence-corrected chi connectivity index (χ0v) is 10.8. The van der Waals surface area contributed by atoms with Crippen molar-refractivity contribution in [3.05, 3.63) is 59.1 Å². The minimum atomic E-state index is -1.21. The Morgan fingerprint density at radius 1 is 0.938 bits per heavy atom. The minimum Gasteiger partial charge on any atom is -0.301 e. The van der Waals surface area contributed by atoms with E-state index in [2.05, 4.69) is 20.7 Å². The van der Waals surface area contributed by atoms with Crippen LogP contribution in [0.2, 0.25) is 0 Å². The van der Waals surface area contributed by atoms with Gasteiger partial charge in [0.25, 0.3) is 0 Å². The fourth-order valence-electron chi connectivity index (χ4n) is 1.23. The summed E-state index contributed by atoms with van der Waals surface area (Å²) < 4.78 is 15.8. The second-order valence-electron chi connectivity index (χ2n) is 3.19. The molecule has 0 unspecified atom stereocenters. The molecule has 0 saturated heterocycles. The number of hydrogen-bond donors (Lipinski definition) is 1. The Balaban J connectivity index is 2.11. The number of halogens is 1. The van der Waals surface area contributed by atoms with Crippen LogP contribution in [0, 0.1) is 0 Å². The van der Waals surface area contributed by atoms with Gasteiger partial charge in [-0.25, -0.2) is 4.21 Å². The van der Waals surface area contributed by atoms with E-state index in [1.807, 2.05) is 54.6 Å². The monoisotopic (exact) mass is 295 g/mol. The van der Waals surface area contributed by atoms with Crippen molar-refractivity contribution in [1.29, 1.82) is 0 Å². The Morgan fingerprint density at radius 2 is 1.56 bits per heavy atom. The summed E-state index contributed by atoms with van der Waals surface area (Å²) >= 11 is 3.35. The van der Waals surface area contributed by atoms with Gasteiger partial charge in [0, 0.05) is 10.2 Å². The van der Waals surface area contributed by atoms with Crippen LogP contribution >= 0.6 is 15.9 Å². The maximum Gasteiger partial charge on any atom is 0.150 e. The molecule has 0 aliphatic carbocycles. The number of anilines is 1. The number of rotatable bonds is 3. The van der Waals surface area contributed by atoms with Crippen LogP contribution in [0.5, 0.6) is 0 Å². The molecule has 1 N–H and O–H groups in total. The van der Waals surface area contributed by atoms with Gasteiger partial charge in [-0.3, -0.25) is 0 Å². The average molecular weight is 296 g/mol. The van der Waals surface area contributed by atoms with E-state index in [1.165, 1.54) is 0 Å². The van der Waals surface area contributed by atoms with Gasteiger partial charge in [-0.05, 0) is 36.4 Å². The van der Waals surface area contributed by atoms with Crippen LogP contribution in [0.25, 0.3) is 0 Å².